The van der Waals surface area contributed by atoms with E-state index in [1.54, 1.807) is 6.20 Å². The van der Waals surface area contributed by atoms with Gasteiger partial charge in [0, 0.05) is 29.6 Å². The molecule has 3 aliphatic rings. The molecule has 0 aromatic carbocycles. The molecular formula is C26H31N7O2. The zero-order chi connectivity index (χ0) is 24.2. The van der Waals surface area contributed by atoms with Crippen molar-refractivity contribution in [1.29, 1.82) is 5.26 Å². The van der Waals surface area contributed by atoms with Crippen LogP contribution in [0, 0.1) is 22.7 Å². The molecular weight excluding hydrogens is 442 g/mol. The van der Waals surface area contributed by atoms with Crippen LogP contribution in [0.1, 0.15) is 76.1 Å². The number of hydrogen-bond acceptors (Lipinski definition) is 5. The van der Waals surface area contributed by atoms with E-state index in [0.717, 1.165) is 79.3 Å². The van der Waals surface area contributed by atoms with Crippen molar-refractivity contribution in [2.24, 2.45) is 17.1 Å². The number of fused-ring (bicyclic) bond motifs is 5. The number of nitrogens with two attached hydrogens (primary N) is 1. The summed E-state index contributed by atoms with van der Waals surface area (Å²) in [7, 11) is 0. The minimum atomic E-state index is -0.450. The number of nitrogens with zero attached hydrogens (tertiary/aromatic N) is 4. The van der Waals surface area contributed by atoms with Crippen LogP contribution in [0.15, 0.2) is 18.5 Å². The van der Waals surface area contributed by atoms with Crippen LogP contribution in [0.5, 0.6) is 0 Å². The molecule has 35 heavy (non-hydrogen) atoms. The van der Waals surface area contributed by atoms with Crippen LogP contribution >= 0.6 is 0 Å². The number of H-pyrrole nitrogens is 1. The van der Waals surface area contributed by atoms with Crippen LogP contribution in [0.4, 0.5) is 0 Å². The third kappa shape index (κ3) is 3.58. The fraction of sp³-hybridized carbons (Fsp3) is 0.577. The van der Waals surface area contributed by atoms with Gasteiger partial charge in [-0.2, -0.15) is 5.26 Å². The van der Waals surface area contributed by atoms with E-state index in [1.807, 2.05) is 12.3 Å². The molecule has 0 spiro atoms. The number of nitriles is 1. The van der Waals surface area contributed by atoms with Gasteiger partial charge in [0.25, 0.3) is 0 Å². The highest BCUT2D eigenvalue weighted by molar-refractivity contribution is 6.01. The van der Waals surface area contributed by atoms with E-state index < -0.39 is 5.41 Å². The lowest BCUT2D eigenvalue weighted by Gasteiger charge is -2.30. The van der Waals surface area contributed by atoms with Crippen molar-refractivity contribution in [2.75, 3.05) is 0 Å². The van der Waals surface area contributed by atoms with E-state index in [1.165, 1.54) is 0 Å². The van der Waals surface area contributed by atoms with E-state index in [9.17, 15) is 9.59 Å². The lowest BCUT2D eigenvalue weighted by Crippen LogP contribution is -2.46. The second kappa shape index (κ2) is 8.08. The average molecular weight is 474 g/mol. The van der Waals surface area contributed by atoms with Gasteiger partial charge in [-0.05, 0) is 69.8 Å². The van der Waals surface area contributed by atoms with Gasteiger partial charge in [0.15, 0.2) is 0 Å². The molecule has 4 N–H and O–H groups in total. The van der Waals surface area contributed by atoms with Crippen LogP contribution in [0.2, 0.25) is 0 Å². The first-order valence-corrected chi connectivity index (χ1v) is 12.7. The number of rotatable bonds is 6. The van der Waals surface area contributed by atoms with Crippen LogP contribution in [0.3, 0.4) is 0 Å². The summed E-state index contributed by atoms with van der Waals surface area (Å²) in [4.78, 5) is 38.0. The zero-order valence-corrected chi connectivity index (χ0v) is 19.8. The van der Waals surface area contributed by atoms with Crippen molar-refractivity contribution < 1.29 is 9.59 Å². The molecule has 0 saturated heterocycles. The topological polar surface area (TPSA) is 142 Å². The van der Waals surface area contributed by atoms with Gasteiger partial charge in [-0.15, -0.1) is 0 Å². The number of aromatic amines is 1. The maximum Gasteiger partial charge on any atom is 0.228 e. The normalized spacial score (nSPS) is 30.0. The number of nitrogens with one attached hydrogen (secondary N) is 2. The molecule has 3 aromatic heterocycles. The van der Waals surface area contributed by atoms with Crippen molar-refractivity contribution in [1.82, 2.24) is 24.8 Å². The maximum absolute atomic E-state index is 13.3. The van der Waals surface area contributed by atoms with Crippen molar-refractivity contribution in [2.45, 2.75) is 82.2 Å². The summed E-state index contributed by atoms with van der Waals surface area (Å²) >= 11 is 0. The molecule has 2 bridgehead atoms. The van der Waals surface area contributed by atoms with E-state index in [2.05, 4.69) is 25.9 Å². The van der Waals surface area contributed by atoms with E-state index in [0.29, 0.717) is 18.8 Å². The summed E-state index contributed by atoms with van der Waals surface area (Å²) in [5.74, 6) is 0.912. The fourth-order valence-electron chi connectivity index (χ4n) is 7.09. The number of carbonyl (C=O) groups excluding carboxylic acids is 2. The van der Waals surface area contributed by atoms with Gasteiger partial charge in [-0.1, -0.05) is 0 Å². The monoisotopic (exact) mass is 473 g/mol. The molecule has 3 heterocycles. The molecule has 9 heteroatoms. The first-order chi connectivity index (χ1) is 16.9. The summed E-state index contributed by atoms with van der Waals surface area (Å²) in [6, 6.07) is 4.57. The van der Waals surface area contributed by atoms with Gasteiger partial charge < -0.3 is 20.6 Å². The Morgan fingerprint density at radius 3 is 2.69 bits per heavy atom. The predicted octanol–water partition coefficient (Wildman–Crippen LogP) is 3.40. The molecule has 2 amide bonds. The first-order valence-electron chi connectivity index (χ1n) is 12.7. The molecule has 0 unspecified atom stereocenters. The Bertz CT molecular complexity index is 1350. The fourth-order valence-corrected chi connectivity index (χ4v) is 7.09. The summed E-state index contributed by atoms with van der Waals surface area (Å²) in [5, 5.41) is 13.4. The quantitative estimate of drug-likeness (QED) is 0.503. The second-order valence-electron chi connectivity index (χ2n) is 11.0. The van der Waals surface area contributed by atoms with Crippen molar-refractivity contribution in [3.63, 3.8) is 0 Å². The van der Waals surface area contributed by atoms with E-state index >= 15 is 0 Å². The van der Waals surface area contributed by atoms with Crippen molar-refractivity contribution in [3.05, 3.63) is 24.3 Å². The molecule has 3 aliphatic carbocycles. The van der Waals surface area contributed by atoms with Gasteiger partial charge >= 0.3 is 0 Å². The Kier molecular flexibility index (Phi) is 5.09. The van der Waals surface area contributed by atoms with E-state index in [-0.39, 0.29) is 29.8 Å². The largest absolute Gasteiger partial charge is 0.369 e. The average Bonchev–Trinajstić information content (AvgIpc) is 3.60. The Labute approximate surface area is 203 Å². The molecule has 0 radical (unpaired) electrons. The second-order valence-corrected chi connectivity index (χ2v) is 11.0. The SMILES string of the molecule is N#CCC1CCC(n2c(CC(=O)NC34CCC(C(N)=O)(CC3)C4)nc3cnc4[nH]ccc4c32)CC1. The Morgan fingerprint density at radius 2 is 2.00 bits per heavy atom. The molecule has 0 atom stereocenters. The molecule has 3 aromatic rings. The maximum atomic E-state index is 13.3. The Morgan fingerprint density at radius 1 is 1.23 bits per heavy atom. The molecule has 3 saturated carbocycles. The van der Waals surface area contributed by atoms with Crippen molar-refractivity contribution >= 4 is 33.9 Å². The minimum absolute atomic E-state index is 0.0554. The van der Waals surface area contributed by atoms with Gasteiger partial charge in [0.1, 0.15) is 17.0 Å². The zero-order valence-electron chi connectivity index (χ0n) is 19.8. The standard InChI is InChI=1S/C26H31N7O2/c27-11-5-16-1-3-17(4-2-16)33-20(31-19-14-30-23-18(22(19)33)6-12-29-23)13-21(34)32-26-9-7-25(15-26,8-10-26)24(28)35/h6,12,14,16-17H,1-5,7-10,13,15H2,(H2,28,35)(H,29,30)(H,32,34). The highest BCUT2D eigenvalue weighted by Gasteiger charge is 2.57. The lowest BCUT2D eigenvalue weighted by atomic mass is 9.83. The highest BCUT2D eigenvalue weighted by atomic mass is 16.2. The smallest absolute Gasteiger partial charge is 0.228 e. The number of imidazole rings is 1. The van der Waals surface area contributed by atoms with Gasteiger partial charge in [0.2, 0.25) is 11.8 Å². The molecule has 0 aliphatic heterocycles. The Hall–Kier alpha value is -3.41. The lowest BCUT2D eigenvalue weighted by molar-refractivity contribution is -0.127. The number of pyridine rings is 1. The molecule has 182 valence electrons. The highest BCUT2D eigenvalue weighted by Crippen LogP contribution is 2.56. The number of carbonyl (C=O) groups is 2. The number of hydrogen-bond donors (Lipinski definition) is 3. The minimum Gasteiger partial charge on any atom is -0.369 e. The van der Waals surface area contributed by atoms with Crippen LogP contribution in [-0.2, 0) is 16.0 Å². The Balaban J connectivity index is 1.30. The van der Waals surface area contributed by atoms with Crippen LogP contribution in [0.25, 0.3) is 22.1 Å². The van der Waals surface area contributed by atoms with Gasteiger partial charge in [-0.25, -0.2) is 9.97 Å². The van der Waals surface area contributed by atoms with Crippen molar-refractivity contribution in [3.8, 4) is 6.07 Å². The molecule has 6 rings (SSSR count). The van der Waals surface area contributed by atoms with Crippen LogP contribution in [-0.4, -0.2) is 36.9 Å². The molecule has 9 nitrogen and oxygen atoms in total. The third-order valence-corrected chi connectivity index (χ3v) is 8.96. The summed E-state index contributed by atoms with van der Waals surface area (Å²) < 4.78 is 2.27. The van der Waals surface area contributed by atoms with Gasteiger partial charge in [0.05, 0.1) is 29.6 Å². The molecule has 3 fully saturated rings. The summed E-state index contributed by atoms with van der Waals surface area (Å²) in [6.07, 6.45) is 12.1. The summed E-state index contributed by atoms with van der Waals surface area (Å²) in [5.41, 5.74) is 7.56. The summed E-state index contributed by atoms with van der Waals surface area (Å²) in [6.45, 7) is 0. The van der Waals surface area contributed by atoms with E-state index in [4.69, 9.17) is 16.0 Å². The third-order valence-electron chi connectivity index (χ3n) is 8.96. The number of aromatic nitrogens is 4. The number of primary amides is 1. The van der Waals surface area contributed by atoms with Gasteiger partial charge in [-0.3, -0.25) is 9.59 Å². The van der Waals surface area contributed by atoms with Crippen LogP contribution < -0.4 is 11.1 Å². The first kappa shape index (κ1) is 22.1. The predicted molar refractivity (Wildman–Crippen MR) is 130 cm³/mol. The number of amides is 2.